The van der Waals surface area contributed by atoms with Crippen LogP contribution in [0.5, 0.6) is 0 Å². The fourth-order valence-electron chi connectivity index (χ4n) is 5.33. The van der Waals surface area contributed by atoms with Crippen LogP contribution in [-0.2, 0) is 16.1 Å². The summed E-state index contributed by atoms with van der Waals surface area (Å²) in [5.74, 6) is 1.42. The number of amides is 2. The van der Waals surface area contributed by atoms with Crippen LogP contribution in [0.4, 0.5) is 5.95 Å². The number of nitrogens with one attached hydrogen (secondary N) is 1. The number of aryl methyl sites for hydroxylation is 1. The van der Waals surface area contributed by atoms with Crippen LogP contribution in [0.1, 0.15) is 43.2 Å². The maximum Gasteiger partial charge on any atom is 0.223 e. The SMILES string of the molecule is Cc1ccccc1Cn1c(N2CCC(C(=O)NCCCN3CCCC3=O)CC2)nc2ccccc21. The molecule has 2 aliphatic rings. The van der Waals surface area contributed by atoms with Crippen molar-refractivity contribution >= 4 is 28.8 Å². The fraction of sp³-hybridized carbons (Fsp3) is 0.464. The molecule has 0 atom stereocenters. The van der Waals surface area contributed by atoms with Gasteiger partial charge in [-0.3, -0.25) is 9.59 Å². The molecule has 1 aromatic heterocycles. The van der Waals surface area contributed by atoms with Gasteiger partial charge in [0.2, 0.25) is 17.8 Å². The van der Waals surface area contributed by atoms with Gasteiger partial charge in [-0.25, -0.2) is 4.98 Å². The molecule has 0 saturated carbocycles. The number of carbonyl (C=O) groups excluding carboxylic acids is 2. The van der Waals surface area contributed by atoms with Gasteiger partial charge < -0.3 is 19.7 Å². The van der Waals surface area contributed by atoms with Crippen molar-refractivity contribution in [2.24, 2.45) is 5.92 Å². The van der Waals surface area contributed by atoms with Gasteiger partial charge in [-0.2, -0.15) is 0 Å². The number of likely N-dealkylation sites (tertiary alicyclic amines) is 1. The number of hydrogen-bond acceptors (Lipinski definition) is 4. The minimum atomic E-state index is 0.0360. The Kier molecular flexibility index (Phi) is 7.02. The Morgan fingerprint density at radius 1 is 1.06 bits per heavy atom. The first-order valence-electron chi connectivity index (χ1n) is 12.9. The Morgan fingerprint density at radius 3 is 2.60 bits per heavy atom. The molecule has 7 nitrogen and oxygen atoms in total. The normalized spacial score (nSPS) is 16.9. The zero-order chi connectivity index (χ0) is 24.2. The lowest BCUT2D eigenvalue weighted by molar-refractivity contribution is -0.127. The smallest absolute Gasteiger partial charge is 0.223 e. The lowest BCUT2D eigenvalue weighted by atomic mass is 9.96. The van der Waals surface area contributed by atoms with E-state index in [2.05, 4.69) is 64.2 Å². The molecule has 0 aliphatic carbocycles. The average molecular weight is 474 g/mol. The molecule has 7 heteroatoms. The van der Waals surface area contributed by atoms with Gasteiger partial charge in [-0.15, -0.1) is 0 Å². The number of carbonyl (C=O) groups is 2. The maximum absolute atomic E-state index is 12.8. The van der Waals surface area contributed by atoms with E-state index in [1.807, 2.05) is 11.0 Å². The minimum Gasteiger partial charge on any atom is -0.356 e. The minimum absolute atomic E-state index is 0.0360. The predicted molar refractivity (Wildman–Crippen MR) is 138 cm³/mol. The molecule has 2 aliphatic heterocycles. The average Bonchev–Trinajstić information content (AvgIpc) is 3.46. The van der Waals surface area contributed by atoms with E-state index < -0.39 is 0 Å². The third kappa shape index (κ3) is 5.19. The third-order valence-electron chi connectivity index (χ3n) is 7.45. The molecule has 0 unspecified atom stereocenters. The highest BCUT2D eigenvalue weighted by Gasteiger charge is 2.28. The van der Waals surface area contributed by atoms with Crippen molar-refractivity contribution < 1.29 is 9.59 Å². The van der Waals surface area contributed by atoms with Crippen LogP contribution < -0.4 is 10.2 Å². The molecular weight excluding hydrogens is 438 g/mol. The molecule has 2 aromatic carbocycles. The summed E-state index contributed by atoms with van der Waals surface area (Å²) in [7, 11) is 0. The lowest BCUT2D eigenvalue weighted by Crippen LogP contribution is -2.42. The van der Waals surface area contributed by atoms with Gasteiger partial charge >= 0.3 is 0 Å². The van der Waals surface area contributed by atoms with Crippen LogP contribution in [0.2, 0.25) is 0 Å². The second kappa shape index (κ2) is 10.5. The molecule has 35 heavy (non-hydrogen) atoms. The van der Waals surface area contributed by atoms with Crippen molar-refractivity contribution in [2.45, 2.75) is 45.6 Å². The number of piperidine rings is 1. The van der Waals surface area contributed by atoms with Gasteiger partial charge in [0.05, 0.1) is 17.6 Å². The van der Waals surface area contributed by atoms with Crippen molar-refractivity contribution in [1.82, 2.24) is 19.8 Å². The molecule has 0 radical (unpaired) electrons. The Bertz CT molecular complexity index is 1200. The van der Waals surface area contributed by atoms with E-state index in [1.54, 1.807) is 0 Å². The molecule has 2 fully saturated rings. The molecule has 3 heterocycles. The quantitative estimate of drug-likeness (QED) is 0.506. The maximum atomic E-state index is 12.8. The molecule has 0 bridgehead atoms. The Labute approximate surface area is 207 Å². The number of aromatic nitrogens is 2. The summed E-state index contributed by atoms with van der Waals surface area (Å²) in [6, 6.07) is 16.8. The van der Waals surface area contributed by atoms with Crippen molar-refractivity contribution in [2.75, 3.05) is 37.6 Å². The molecular formula is C28H35N5O2. The van der Waals surface area contributed by atoms with Crippen LogP contribution in [0.15, 0.2) is 48.5 Å². The number of anilines is 1. The van der Waals surface area contributed by atoms with Gasteiger partial charge in [-0.1, -0.05) is 36.4 Å². The van der Waals surface area contributed by atoms with Crippen LogP contribution in [0, 0.1) is 12.8 Å². The van der Waals surface area contributed by atoms with Crippen LogP contribution in [0.3, 0.4) is 0 Å². The number of fused-ring (bicyclic) bond motifs is 1. The molecule has 2 amide bonds. The van der Waals surface area contributed by atoms with Crippen LogP contribution in [-0.4, -0.2) is 59.0 Å². The highest BCUT2D eigenvalue weighted by atomic mass is 16.2. The Balaban J connectivity index is 1.20. The topological polar surface area (TPSA) is 70.5 Å². The monoisotopic (exact) mass is 473 g/mol. The molecule has 3 aromatic rings. The van der Waals surface area contributed by atoms with Gasteiger partial charge in [-0.05, 0) is 55.9 Å². The third-order valence-corrected chi connectivity index (χ3v) is 7.45. The molecule has 1 N–H and O–H groups in total. The van der Waals surface area contributed by atoms with E-state index >= 15 is 0 Å². The van der Waals surface area contributed by atoms with Crippen molar-refractivity contribution in [1.29, 1.82) is 0 Å². The standard InChI is InChI=1S/C28H35N5O2/c1-21-8-2-3-9-23(21)20-33-25-11-5-4-10-24(25)30-28(33)32-18-13-22(14-19-32)27(35)29-15-7-17-31-16-6-12-26(31)34/h2-5,8-11,22H,6-7,12-20H2,1H3,(H,29,35). The fourth-order valence-corrected chi connectivity index (χ4v) is 5.33. The van der Waals surface area contributed by atoms with E-state index in [4.69, 9.17) is 4.98 Å². The Morgan fingerprint density at radius 2 is 1.83 bits per heavy atom. The summed E-state index contributed by atoms with van der Waals surface area (Å²) in [6.45, 7) is 6.81. The molecule has 0 spiro atoms. The number of para-hydroxylation sites is 2. The first-order valence-corrected chi connectivity index (χ1v) is 12.9. The summed E-state index contributed by atoms with van der Waals surface area (Å²) in [5.41, 5.74) is 4.72. The number of rotatable bonds is 8. The van der Waals surface area contributed by atoms with E-state index in [0.29, 0.717) is 13.0 Å². The number of imidazole rings is 1. The number of hydrogen-bond donors (Lipinski definition) is 1. The highest BCUT2D eigenvalue weighted by molar-refractivity contribution is 5.80. The largest absolute Gasteiger partial charge is 0.356 e. The number of benzene rings is 2. The number of nitrogens with zero attached hydrogens (tertiary/aromatic N) is 4. The van der Waals surface area contributed by atoms with Crippen LogP contribution in [0.25, 0.3) is 11.0 Å². The Hall–Kier alpha value is -3.35. The van der Waals surface area contributed by atoms with Crippen molar-refractivity contribution in [3.63, 3.8) is 0 Å². The highest BCUT2D eigenvalue weighted by Crippen LogP contribution is 2.28. The van der Waals surface area contributed by atoms with E-state index in [-0.39, 0.29) is 17.7 Å². The van der Waals surface area contributed by atoms with Crippen molar-refractivity contribution in [3.05, 3.63) is 59.7 Å². The second-order valence-corrected chi connectivity index (χ2v) is 9.80. The van der Waals surface area contributed by atoms with Gasteiger partial charge in [0.1, 0.15) is 0 Å². The van der Waals surface area contributed by atoms with Crippen molar-refractivity contribution in [3.8, 4) is 0 Å². The zero-order valence-corrected chi connectivity index (χ0v) is 20.6. The summed E-state index contributed by atoms with van der Waals surface area (Å²) in [6.07, 6.45) is 4.10. The molecule has 2 saturated heterocycles. The molecule has 184 valence electrons. The second-order valence-electron chi connectivity index (χ2n) is 9.80. The predicted octanol–water partition coefficient (Wildman–Crippen LogP) is 3.74. The summed E-state index contributed by atoms with van der Waals surface area (Å²) < 4.78 is 2.32. The first kappa shape index (κ1) is 23.4. The van der Waals surface area contributed by atoms with Gasteiger partial charge in [0.15, 0.2) is 0 Å². The summed E-state index contributed by atoms with van der Waals surface area (Å²) in [5, 5.41) is 3.10. The van der Waals surface area contributed by atoms with E-state index in [1.165, 1.54) is 11.1 Å². The zero-order valence-electron chi connectivity index (χ0n) is 20.6. The summed E-state index contributed by atoms with van der Waals surface area (Å²) >= 11 is 0. The van der Waals surface area contributed by atoms with Crippen LogP contribution >= 0.6 is 0 Å². The lowest BCUT2D eigenvalue weighted by Gasteiger charge is -2.32. The van der Waals surface area contributed by atoms with E-state index in [9.17, 15) is 9.59 Å². The van der Waals surface area contributed by atoms with Gasteiger partial charge in [0, 0.05) is 45.1 Å². The van der Waals surface area contributed by atoms with E-state index in [0.717, 1.165) is 75.4 Å². The first-order chi connectivity index (χ1) is 17.1. The van der Waals surface area contributed by atoms with Gasteiger partial charge in [0.25, 0.3) is 0 Å². The summed E-state index contributed by atoms with van der Waals surface area (Å²) in [4.78, 5) is 33.7. The molecule has 5 rings (SSSR count).